The van der Waals surface area contributed by atoms with Crippen LogP contribution in [0.4, 0.5) is 5.82 Å². The minimum Gasteiger partial charge on any atom is -0.466 e. The predicted octanol–water partition coefficient (Wildman–Crippen LogP) is 2.24. The van der Waals surface area contributed by atoms with Gasteiger partial charge in [-0.2, -0.15) is 0 Å². The summed E-state index contributed by atoms with van der Waals surface area (Å²) in [5, 5.41) is 14.4. The van der Waals surface area contributed by atoms with Gasteiger partial charge in [-0.25, -0.2) is 14.8 Å². The number of piperidine rings is 3. The van der Waals surface area contributed by atoms with Crippen LogP contribution in [-0.2, 0) is 19.9 Å². The molecule has 2 atom stereocenters. The third-order valence-electron chi connectivity index (χ3n) is 7.78. The van der Waals surface area contributed by atoms with Crippen LogP contribution < -0.4 is 5.32 Å². The normalized spacial score (nSPS) is 28.9. The molecule has 2 aromatic heterocycles. The highest BCUT2D eigenvalue weighted by Crippen LogP contribution is 2.43. The van der Waals surface area contributed by atoms with Gasteiger partial charge in [-0.15, -0.1) is 0 Å². The second-order valence-corrected chi connectivity index (χ2v) is 9.78. The highest BCUT2D eigenvalue weighted by Gasteiger charge is 2.54. The topological polar surface area (TPSA) is 115 Å². The van der Waals surface area contributed by atoms with E-state index < -0.39 is 11.6 Å². The number of hydrogen-bond acceptors (Lipinski definition) is 7. The van der Waals surface area contributed by atoms with Crippen LogP contribution >= 0.6 is 0 Å². The largest absolute Gasteiger partial charge is 0.466 e. The number of nitrogens with one attached hydrogen (secondary N) is 1. The number of fused-ring (bicyclic) bond motifs is 3. The molecule has 176 valence electrons. The molecule has 3 saturated heterocycles. The number of hydrogen-bond donors (Lipinski definition) is 2. The number of aliphatic hydroxyl groups is 1. The lowest BCUT2D eigenvalue weighted by Crippen LogP contribution is -2.66. The van der Waals surface area contributed by atoms with E-state index in [0.29, 0.717) is 23.4 Å². The van der Waals surface area contributed by atoms with Gasteiger partial charge in [0.1, 0.15) is 24.5 Å². The van der Waals surface area contributed by atoms with Gasteiger partial charge in [0.2, 0.25) is 5.60 Å². The molecule has 2 bridgehead atoms. The first-order valence-corrected chi connectivity index (χ1v) is 11.9. The number of carbonyl (C=O) groups excluding carboxylic acids is 2. The molecule has 2 N–H and O–H groups in total. The summed E-state index contributed by atoms with van der Waals surface area (Å²) in [6.07, 6.45) is 9.41. The Morgan fingerprint density at radius 3 is 2.67 bits per heavy atom. The van der Waals surface area contributed by atoms with Gasteiger partial charge in [0.15, 0.2) is 12.6 Å². The zero-order chi connectivity index (χ0) is 22.9. The molecule has 6 rings (SSSR count). The average molecular weight is 456 g/mol. The molecule has 0 aromatic carbocycles. The number of anilines is 1. The van der Waals surface area contributed by atoms with Crippen LogP contribution in [0.3, 0.4) is 0 Å². The predicted molar refractivity (Wildman–Crippen MR) is 118 cm³/mol. The summed E-state index contributed by atoms with van der Waals surface area (Å²) in [7, 11) is 0. The monoisotopic (exact) mass is 455 g/mol. The van der Waals surface area contributed by atoms with E-state index in [4.69, 9.17) is 9.15 Å². The standard InChI is InChI=1S/C24H30N4O5/c29-22(27-21-7-10-25-16-26-21)15-28-11-8-17(9-12-28)19(14-28)33-23(30)24(31,18-4-1-2-5-18)20-6-3-13-32-20/h3,6-7,10,13,16-19,31H,1-2,4-5,8-9,11-12,14-15H2/p+1/t17?,19-,24?,28?/m0/s1. The number of esters is 1. The van der Waals surface area contributed by atoms with Gasteiger partial charge in [0.25, 0.3) is 5.91 Å². The van der Waals surface area contributed by atoms with Crippen LogP contribution in [0.25, 0.3) is 0 Å². The van der Waals surface area contributed by atoms with Gasteiger partial charge in [0, 0.05) is 30.9 Å². The van der Waals surface area contributed by atoms with Crippen LogP contribution in [0.5, 0.6) is 0 Å². The quantitative estimate of drug-likeness (QED) is 0.486. The first-order valence-electron chi connectivity index (χ1n) is 11.9. The Labute approximate surface area is 192 Å². The smallest absolute Gasteiger partial charge is 0.346 e. The minimum absolute atomic E-state index is 0.114. The average Bonchev–Trinajstić information content (AvgIpc) is 3.54. The van der Waals surface area contributed by atoms with Crippen molar-refractivity contribution >= 4 is 17.7 Å². The molecular formula is C24H31N4O5+. The summed E-state index contributed by atoms with van der Waals surface area (Å²) in [5.41, 5.74) is -1.76. The molecule has 1 aliphatic carbocycles. The molecule has 33 heavy (non-hydrogen) atoms. The Balaban J connectivity index is 1.28. The minimum atomic E-state index is -1.76. The Kier molecular flexibility index (Phi) is 5.92. The van der Waals surface area contributed by atoms with E-state index >= 15 is 0 Å². The van der Waals surface area contributed by atoms with Crippen molar-refractivity contribution in [2.45, 2.75) is 50.2 Å². The maximum Gasteiger partial charge on any atom is 0.346 e. The number of quaternary nitrogens is 1. The van der Waals surface area contributed by atoms with Gasteiger partial charge in [-0.05, 0) is 31.0 Å². The third-order valence-corrected chi connectivity index (χ3v) is 7.78. The van der Waals surface area contributed by atoms with Crippen LogP contribution in [0.1, 0.15) is 44.3 Å². The van der Waals surface area contributed by atoms with E-state index in [9.17, 15) is 14.7 Å². The van der Waals surface area contributed by atoms with Crippen molar-refractivity contribution in [1.29, 1.82) is 0 Å². The number of furan rings is 1. The highest BCUT2D eigenvalue weighted by molar-refractivity contribution is 5.90. The molecule has 0 radical (unpaired) electrons. The lowest BCUT2D eigenvalue weighted by atomic mass is 9.81. The van der Waals surface area contributed by atoms with E-state index in [0.717, 1.165) is 51.6 Å². The van der Waals surface area contributed by atoms with Crippen LogP contribution in [0.2, 0.25) is 0 Å². The molecule has 3 aliphatic heterocycles. The summed E-state index contributed by atoms with van der Waals surface area (Å²) >= 11 is 0. The first-order chi connectivity index (χ1) is 16.0. The molecule has 2 aromatic rings. The first kappa shape index (κ1) is 22.0. The molecule has 1 amide bonds. The molecule has 4 aliphatic rings. The molecule has 1 unspecified atom stereocenters. The molecule has 0 spiro atoms. The number of carbonyl (C=O) groups is 2. The van der Waals surface area contributed by atoms with E-state index in [1.54, 1.807) is 24.4 Å². The lowest BCUT2D eigenvalue weighted by molar-refractivity contribution is -0.939. The molecule has 9 nitrogen and oxygen atoms in total. The van der Waals surface area contributed by atoms with Crippen molar-refractivity contribution in [3.05, 3.63) is 42.7 Å². The maximum absolute atomic E-state index is 13.4. The zero-order valence-electron chi connectivity index (χ0n) is 18.7. The second-order valence-electron chi connectivity index (χ2n) is 9.78. The van der Waals surface area contributed by atoms with Crippen molar-refractivity contribution in [1.82, 2.24) is 9.97 Å². The van der Waals surface area contributed by atoms with Gasteiger partial charge in [-0.3, -0.25) is 4.79 Å². The van der Waals surface area contributed by atoms with Crippen molar-refractivity contribution in [2.75, 3.05) is 31.5 Å². The Morgan fingerprint density at radius 2 is 2.00 bits per heavy atom. The second kappa shape index (κ2) is 8.87. The number of amides is 1. The van der Waals surface area contributed by atoms with E-state index in [2.05, 4.69) is 15.3 Å². The molecule has 5 heterocycles. The number of aromatic nitrogens is 2. The number of rotatable bonds is 7. The lowest BCUT2D eigenvalue weighted by Gasteiger charge is -2.51. The molecule has 9 heteroatoms. The van der Waals surface area contributed by atoms with Crippen molar-refractivity contribution < 1.29 is 28.3 Å². The fourth-order valence-corrected chi connectivity index (χ4v) is 5.96. The SMILES string of the molecule is O=C(C[N+]12CCC(CC1)[C@@H](OC(=O)C(O)(c1ccco1)C1CCCC1)C2)Nc1ccncn1. The fraction of sp³-hybridized carbons (Fsp3) is 0.583. The van der Waals surface area contributed by atoms with Gasteiger partial charge in [0.05, 0.1) is 19.4 Å². The Bertz CT molecular complexity index is 968. The van der Waals surface area contributed by atoms with Crippen LogP contribution in [0, 0.1) is 11.8 Å². The van der Waals surface area contributed by atoms with Gasteiger partial charge in [-0.1, -0.05) is 12.8 Å². The van der Waals surface area contributed by atoms with Crippen LogP contribution in [0.15, 0.2) is 41.4 Å². The summed E-state index contributed by atoms with van der Waals surface area (Å²) in [5.74, 6) is 0.0446. The van der Waals surface area contributed by atoms with Crippen molar-refractivity contribution in [3.63, 3.8) is 0 Å². The van der Waals surface area contributed by atoms with Gasteiger partial charge < -0.3 is 24.1 Å². The Hall–Kier alpha value is -2.78. The third kappa shape index (κ3) is 4.27. The van der Waals surface area contributed by atoms with E-state index in [1.165, 1.54) is 12.6 Å². The number of ether oxygens (including phenoxy) is 1. The molecular weight excluding hydrogens is 424 g/mol. The molecule has 1 saturated carbocycles. The number of nitrogens with zero attached hydrogens (tertiary/aromatic N) is 3. The summed E-state index contributed by atoms with van der Waals surface area (Å²) in [6.45, 7) is 2.63. The Morgan fingerprint density at radius 1 is 1.21 bits per heavy atom. The summed E-state index contributed by atoms with van der Waals surface area (Å²) < 4.78 is 12.1. The highest BCUT2D eigenvalue weighted by atomic mass is 16.6. The molecule has 4 fully saturated rings. The summed E-state index contributed by atoms with van der Waals surface area (Å²) in [6, 6.07) is 5.00. The van der Waals surface area contributed by atoms with Crippen LogP contribution in [-0.4, -0.2) is 63.7 Å². The van der Waals surface area contributed by atoms with E-state index in [1.807, 2.05) is 0 Å². The zero-order valence-corrected chi connectivity index (χ0v) is 18.7. The van der Waals surface area contributed by atoms with Crippen molar-refractivity contribution in [3.8, 4) is 0 Å². The van der Waals surface area contributed by atoms with E-state index in [-0.39, 0.29) is 29.6 Å². The summed E-state index contributed by atoms with van der Waals surface area (Å²) in [4.78, 5) is 34.1. The fourth-order valence-electron chi connectivity index (χ4n) is 5.96. The maximum atomic E-state index is 13.4. The van der Waals surface area contributed by atoms with Crippen molar-refractivity contribution in [2.24, 2.45) is 11.8 Å². The van der Waals surface area contributed by atoms with Gasteiger partial charge >= 0.3 is 5.97 Å².